The lowest BCUT2D eigenvalue weighted by Gasteiger charge is -2.10. The summed E-state index contributed by atoms with van der Waals surface area (Å²) in [6, 6.07) is 9.36. The molecular formula is C11H10N2O2. The first-order chi connectivity index (χ1) is 7.24. The molecule has 1 aromatic rings. The van der Waals surface area contributed by atoms with E-state index in [0.717, 1.165) is 11.8 Å². The van der Waals surface area contributed by atoms with Crippen LogP contribution in [0.2, 0.25) is 0 Å². The van der Waals surface area contributed by atoms with Gasteiger partial charge in [-0.1, -0.05) is 30.3 Å². The van der Waals surface area contributed by atoms with Gasteiger partial charge in [-0.15, -0.1) is 0 Å². The van der Waals surface area contributed by atoms with Gasteiger partial charge in [0.2, 0.25) is 0 Å². The maximum Gasteiger partial charge on any atom is 0.281 e. The standard InChI is InChI=1S/C11H10N2O2/c1-13-10(8-5-3-2-4-6-8)12-9(7-14)11(13)15/h2-7,14H,1H3/b9-7+. The second-order valence-electron chi connectivity index (χ2n) is 3.18. The number of nitrogens with zero attached hydrogens (tertiary/aromatic N) is 2. The largest absolute Gasteiger partial charge is 0.513 e. The summed E-state index contributed by atoms with van der Waals surface area (Å²) in [5.41, 5.74) is 0.918. The molecule has 15 heavy (non-hydrogen) atoms. The van der Waals surface area contributed by atoms with Gasteiger partial charge in [-0.25, -0.2) is 4.99 Å². The molecule has 1 N–H and O–H groups in total. The van der Waals surface area contributed by atoms with Gasteiger partial charge < -0.3 is 5.11 Å². The lowest BCUT2D eigenvalue weighted by Crippen LogP contribution is -2.28. The molecule has 1 heterocycles. The fraction of sp³-hybridized carbons (Fsp3) is 0.0909. The number of aliphatic hydroxyl groups is 1. The highest BCUT2D eigenvalue weighted by Crippen LogP contribution is 2.17. The fourth-order valence-electron chi connectivity index (χ4n) is 1.43. The van der Waals surface area contributed by atoms with Crippen LogP contribution in [0.4, 0.5) is 0 Å². The van der Waals surface area contributed by atoms with E-state index in [2.05, 4.69) is 4.99 Å². The molecule has 0 atom stereocenters. The second-order valence-corrected chi connectivity index (χ2v) is 3.18. The maximum atomic E-state index is 11.5. The number of carbonyl (C=O) groups excluding carboxylic acids is 1. The minimum Gasteiger partial charge on any atom is -0.513 e. The van der Waals surface area contributed by atoms with Gasteiger partial charge in [-0.2, -0.15) is 0 Å². The van der Waals surface area contributed by atoms with Crippen LogP contribution >= 0.6 is 0 Å². The van der Waals surface area contributed by atoms with E-state index in [1.165, 1.54) is 4.90 Å². The summed E-state index contributed by atoms with van der Waals surface area (Å²) in [5, 5.41) is 8.80. The predicted molar refractivity (Wildman–Crippen MR) is 56.5 cm³/mol. The van der Waals surface area contributed by atoms with E-state index in [-0.39, 0.29) is 11.6 Å². The van der Waals surface area contributed by atoms with Crippen LogP contribution in [-0.4, -0.2) is 28.8 Å². The van der Waals surface area contributed by atoms with Crippen molar-refractivity contribution in [3.63, 3.8) is 0 Å². The molecule has 0 fully saturated rings. The van der Waals surface area contributed by atoms with Crippen molar-refractivity contribution in [3.05, 3.63) is 47.9 Å². The highest BCUT2D eigenvalue weighted by Gasteiger charge is 2.27. The average Bonchev–Trinajstić information content (AvgIpc) is 2.57. The summed E-state index contributed by atoms with van der Waals surface area (Å²) >= 11 is 0. The van der Waals surface area contributed by atoms with E-state index < -0.39 is 0 Å². The molecule has 0 saturated carbocycles. The quantitative estimate of drug-likeness (QED) is 0.551. The monoisotopic (exact) mass is 202 g/mol. The summed E-state index contributed by atoms with van der Waals surface area (Å²) < 4.78 is 0. The van der Waals surface area contributed by atoms with Crippen LogP contribution in [0.5, 0.6) is 0 Å². The molecule has 0 unspecified atom stereocenters. The van der Waals surface area contributed by atoms with Crippen LogP contribution in [0, 0.1) is 0 Å². The Kier molecular flexibility index (Phi) is 2.25. The Morgan fingerprint density at radius 2 is 2.00 bits per heavy atom. The van der Waals surface area contributed by atoms with Crippen LogP contribution in [0.1, 0.15) is 5.56 Å². The Hall–Kier alpha value is -2.10. The third-order valence-electron chi connectivity index (χ3n) is 2.22. The molecule has 4 heteroatoms. The molecule has 0 spiro atoms. The van der Waals surface area contributed by atoms with E-state index in [1.54, 1.807) is 7.05 Å². The Labute approximate surface area is 87.2 Å². The molecule has 0 bridgehead atoms. The van der Waals surface area contributed by atoms with Crippen molar-refractivity contribution in [2.45, 2.75) is 0 Å². The fourth-order valence-corrected chi connectivity index (χ4v) is 1.43. The van der Waals surface area contributed by atoms with Crippen LogP contribution in [-0.2, 0) is 4.79 Å². The first-order valence-corrected chi connectivity index (χ1v) is 4.50. The number of benzene rings is 1. The van der Waals surface area contributed by atoms with E-state index in [4.69, 9.17) is 5.11 Å². The minimum atomic E-state index is -0.295. The smallest absolute Gasteiger partial charge is 0.281 e. The number of rotatable bonds is 1. The van der Waals surface area contributed by atoms with Gasteiger partial charge in [-0.3, -0.25) is 9.69 Å². The highest BCUT2D eigenvalue weighted by molar-refractivity contribution is 6.17. The molecule has 76 valence electrons. The van der Waals surface area contributed by atoms with Crippen LogP contribution in [0.15, 0.2) is 47.3 Å². The first kappa shape index (κ1) is 9.45. The zero-order valence-corrected chi connectivity index (χ0v) is 8.21. The molecule has 0 radical (unpaired) electrons. The summed E-state index contributed by atoms with van der Waals surface area (Å²) in [6.45, 7) is 0. The molecule has 1 amide bonds. The first-order valence-electron chi connectivity index (χ1n) is 4.50. The van der Waals surface area contributed by atoms with Gasteiger partial charge in [0.25, 0.3) is 5.91 Å². The van der Waals surface area contributed by atoms with Crippen molar-refractivity contribution in [3.8, 4) is 0 Å². The zero-order chi connectivity index (χ0) is 10.8. The zero-order valence-electron chi connectivity index (χ0n) is 8.21. The summed E-state index contributed by atoms with van der Waals surface area (Å²) in [7, 11) is 1.63. The average molecular weight is 202 g/mol. The number of aliphatic imine (C=N–C) groups is 1. The molecular weight excluding hydrogens is 192 g/mol. The number of likely N-dealkylation sites (N-methyl/N-ethyl adjacent to an activating group) is 1. The number of aliphatic hydroxyl groups excluding tert-OH is 1. The topological polar surface area (TPSA) is 52.9 Å². The molecule has 0 aromatic heterocycles. The number of amides is 1. The van der Waals surface area contributed by atoms with Crippen LogP contribution in [0.25, 0.3) is 0 Å². The number of hydrogen-bond donors (Lipinski definition) is 1. The Bertz CT molecular complexity index is 449. The van der Waals surface area contributed by atoms with E-state index in [9.17, 15) is 4.79 Å². The highest BCUT2D eigenvalue weighted by atomic mass is 16.2. The van der Waals surface area contributed by atoms with Gasteiger partial charge in [0.1, 0.15) is 12.1 Å². The predicted octanol–water partition coefficient (Wildman–Crippen LogP) is 1.30. The van der Waals surface area contributed by atoms with Gasteiger partial charge in [0.15, 0.2) is 5.70 Å². The van der Waals surface area contributed by atoms with Crippen molar-refractivity contribution in [1.29, 1.82) is 0 Å². The van der Waals surface area contributed by atoms with Crippen molar-refractivity contribution >= 4 is 11.7 Å². The Balaban J connectivity index is 2.44. The van der Waals surface area contributed by atoms with Crippen molar-refractivity contribution in [1.82, 2.24) is 4.90 Å². The van der Waals surface area contributed by atoms with Crippen molar-refractivity contribution in [2.75, 3.05) is 7.05 Å². The number of hydrogen-bond acceptors (Lipinski definition) is 3. The maximum absolute atomic E-state index is 11.5. The number of amidine groups is 1. The molecule has 1 aromatic carbocycles. The number of carbonyl (C=O) groups is 1. The Morgan fingerprint density at radius 1 is 1.33 bits per heavy atom. The van der Waals surface area contributed by atoms with Crippen LogP contribution in [0.3, 0.4) is 0 Å². The molecule has 2 rings (SSSR count). The molecule has 0 aliphatic carbocycles. The van der Waals surface area contributed by atoms with Gasteiger partial charge in [0, 0.05) is 12.6 Å². The van der Waals surface area contributed by atoms with E-state index in [0.29, 0.717) is 5.84 Å². The van der Waals surface area contributed by atoms with Crippen molar-refractivity contribution in [2.24, 2.45) is 4.99 Å². The lowest BCUT2D eigenvalue weighted by molar-refractivity contribution is -0.121. The van der Waals surface area contributed by atoms with Crippen LogP contribution < -0.4 is 0 Å². The molecule has 0 saturated heterocycles. The van der Waals surface area contributed by atoms with Gasteiger partial charge in [0.05, 0.1) is 0 Å². The third kappa shape index (κ3) is 1.50. The van der Waals surface area contributed by atoms with Gasteiger partial charge in [-0.05, 0) is 0 Å². The van der Waals surface area contributed by atoms with Crippen molar-refractivity contribution < 1.29 is 9.90 Å². The van der Waals surface area contributed by atoms with E-state index >= 15 is 0 Å². The normalized spacial score (nSPS) is 18.5. The lowest BCUT2D eigenvalue weighted by atomic mass is 10.2. The van der Waals surface area contributed by atoms with Gasteiger partial charge >= 0.3 is 0 Å². The SMILES string of the molecule is CN1C(=O)/C(=C\O)N=C1c1ccccc1. The third-order valence-corrected chi connectivity index (χ3v) is 2.22. The molecule has 1 aliphatic heterocycles. The molecule has 4 nitrogen and oxygen atoms in total. The minimum absolute atomic E-state index is 0.0661. The summed E-state index contributed by atoms with van der Waals surface area (Å²) in [6.07, 6.45) is 0.731. The summed E-state index contributed by atoms with van der Waals surface area (Å²) in [5.74, 6) is 0.261. The molecule has 1 aliphatic rings. The Morgan fingerprint density at radius 3 is 2.53 bits per heavy atom. The summed E-state index contributed by atoms with van der Waals surface area (Å²) in [4.78, 5) is 17.0. The van der Waals surface area contributed by atoms with E-state index in [1.807, 2.05) is 30.3 Å². The second kappa shape index (κ2) is 3.57.